The van der Waals surface area contributed by atoms with Crippen molar-refractivity contribution >= 4 is 20.0 Å². The molecule has 0 aromatic carbocycles. The Kier molecular flexibility index (Phi) is 8.33. The second-order valence-electron chi connectivity index (χ2n) is 5.34. The third-order valence-corrected chi connectivity index (χ3v) is 5.94. The van der Waals surface area contributed by atoms with Crippen LogP contribution in [0.5, 0.6) is 0 Å². The first-order valence-corrected chi connectivity index (χ1v) is 10.1. The molecule has 0 fully saturated rings. The van der Waals surface area contributed by atoms with E-state index in [2.05, 4.69) is 43.2 Å². The predicted molar refractivity (Wildman–Crippen MR) is 83.3 cm³/mol. The summed E-state index contributed by atoms with van der Waals surface area (Å²) in [6.45, 7) is 7.69. The van der Waals surface area contributed by atoms with Crippen LogP contribution in [0.25, 0.3) is 4.13 Å². The molecular weight excluding hydrogens is 428 g/mol. The van der Waals surface area contributed by atoms with Crippen LogP contribution in [0.2, 0.25) is 0 Å². The minimum absolute atomic E-state index is 0.778. The van der Waals surface area contributed by atoms with Crippen LogP contribution in [0.3, 0.4) is 0 Å². The molecule has 1 aromatic heterocycles. The lowest BCUT2D eigenvalue weighted by Gasteiger charge is -2.22. The Hall–Kier alpha value is -1.35. The van der Waals surface area contributed by atoms with Gasteiger partial charge in [0, 0.05) is 13.0 Å². The van der Waals surface area contributed by atoms with Gasteiger partial charge in [-0.2, -0.15) is 31.0 Å². The molecule has 0 unspecified atom stereocenters. The molecule has 1 rings (SSSR count). The summed E-state index contributed by atoms with van der Waals surface area (Å²) in [5.74, 6) is 0. The summed E-state index contributed by atoms with van der Waals surface area (Å²) in [5.41, 5.74) is -9.71. The van der Waals surface area contributed by atoms with Crippen molar-refractivity contribution in [1.82, 2.24) is 4.68 Å². The highest BCUT2D eigenvalue weighted by molar-refractivity contribution is 8.13. The fourth-order valence-corrected chi connectivity index (χ4v) is 3.45. The summed E-state index contributed by atoms with van der Waals surface area (Å²) in [6, 6.07) is 2.23. The van der Waals surface area contributed by atoms with Gasteiger partial charge in [0.25, 0.3) is 0 Å². The van der Waals surface area contributed by atoms with E-state index in [9.17, 15) is 43.2 Å². The van der Waals surface area contributed by atoms with Gasteiger partial charge >= 0.3 is 11.0 Å². The highest BCUT2D eigenvalue weighted by Gasteiger charge is 2.46. The Morgan fingerprint density at radius 2 is 1.41 bits per heavy atom. The van der Waals surface area contributed by atoms with E-state index in [0.29, 0.717) is 0 Å². The predicted octanol–water partition coefficient (Wildman–Crippen LogP) is 2.79. The van der Waals surface area contributed by atoms with Crippen LogP contribution in [0, 0.1) is 13.8 Å². The van der Waals surface area contributed by atoms with Crippen LogP contribution in [0.1, 0.15) is 31.2 Å². The largest absolute Gasteiger partial charge is 0.480 e. The quantitative estimate of drug-likeness (QED) is 0.513. The Labute approximate surface area is 153 Å². The standard InChI is InChI=1S/C10H19N2.C2F6NO4S2/c1-5-6-7-12-10(3)8-9(2)11(12)4;3-1(4,5)14(10,11)9-15(12,13)2(6,7)8/h8H,5-7H2,1-4H3;/q+1;-1. The Balaban J connectivity index is 0.000000511. The molecule has 0 amide bonds. The lowest BCUT2D eigenvalue weighted by atomic mass is 10.3. The zero-order chi connectivity index (χ0) is 21.8. The fraction of sp³-hybridized carbons (Fsp3) is 0.750. The number of hydrogen-bond donors (Lipinski definition) is 0. The fourth-order valence-electron chi connectivity index (χ4n) is 1.75. The lowest BCUT2D eigenvalue weighted by molar-refractivity contribution is -0.759. The van der Waals surface area contributed by atoms with Gasteiger partial charge in [-0.1, -0.05) is 13.3 Å². The van der Waals surface area contributed by atoms with E-state index in [-0.39, 0.29) is 0 Å². The average molecular weight is 447 g/mol. The Morgan fingerprint density at radius 1 is 1.00 bits per heavy atom. The van der Waals surface area contributed by atoms with Crippen LogP contribution in [0.4, 0.5) is 26.3 Å². The molecule has 0 N–H and O–H groups in total. The van der Waals surface area contributed by atoms with Crippen molar-refractivity contribution in [3.63, 3.8) is 0 Å². The molecule has 0 saturated heterocycles. The molecule has 160 valence electrons. The normalized spacial score (nSPS) is 13.3. The number of nitrogens with zero attached hydrogens (tertiary/aromatic N) is 3. The zero-order valence-corrected chi connectivity index (χ0v) is 16.4. The van der Waals surface area contributed by atoms with Crippen LogP contribution in [-0.2, 0) is 33.6 Å². The zero-order valence-electron chi connectivity index (χ0n) is 14.8. The van der Waals surface area contributed by atoms with E-state index in [1.54, 1.807) is 0 Å². The van der Waals surface area contributed by atoms with E-state index >= 15 is 0 Å². The molecule has 0 spiro atoms. The molecule has 7 nitrogen and oxygen atoms in total. The van der Waals surface area contributed by atoms with Crippen molar-refractivity contribution < 1.29 is 47.9 Å². The first-order chi connectivity index (χ1) is 11.9. The molecule has 0 aliphatic heterocycles. The van der Waals surface area contributed by atoms with Crippen molar-refractivity contribution in [2.75, 3.05) is 0 Å². The van der Waals surface area contributed by atoms with E-state index in [4.69, 9.17) is 0 Å². The maximum atomic E-state index is 11.4. The third-order valence-electron chi connectivity index (χ3n) is 3.20. The SMILES string of the molecule is CCCCn1c(C)cc(C)[n+]1C.O=S(=O)([N-]S(=O)(=O)C(F)(F)F)C(F)(F)F. The molecule has 1 aromatic rings. The Bertz CT molecular complexity index is 800. The molecule has 0 radical (unpaired) electrons. The topological polar surface area (TPSA) is 91.2 Å². The molecule has 15 heteroatoms. The molecule has 27 heavy (non-hydrogen) atoms. The first-order valence-electron chi connectivity index (χ1n) is 7.27. The van der Waals surface area contributed by atoms with Gasteiger partial charge in [0.1, 0.15) is 0 Å². The number of sulfonamides is 2. The number of unbranched alkanes of at least 4 members (excludes halogenated alkanes) is 1. The molecule has 0 aliphatic rings. The van der Waals surface area contributed by atoms with Gasteiger partial charge in [-0.05, 0) is 13.3 Å². The van der Waals surface area contributed by atoms with Gasteiger partial charge in [-0.25, -0.2) is 16.8 Å². The van der Waals surface area contributed by atoms with Crippen LogP contribution < -0.4 is 4.68 Å². The highest BCUT2D eigenvalue weighted by Crippen LogP contribution is 2.36. The lowest BCUT2D eigenvalue weighted by Crippen LogP contribution is -2.41. The van der Waals surface area contributed by atoms with Gasteiger partial charge in [0.05, 0.1) is 12.2 Å². The van der Waals surface area contributed by atoms with Crippen LogP contribution in [-0.4, -0.2) is 32.5 Å². The summed E-state index contributed by atoms with van der Waals surface area (Å²) in [5, 5.41) is 0. The first kappa shape index (κ1) is 25.6. The smallest absolute Gasteiger partial charge is 0.421 e. The number of halogens is 6. The van der Waals surface area contributed by atoms with E-state index in [1.807, 2.05) is 0 Å². The number of alkyl halides is 6. The second-order valence-corrected chi connectivity index (χ2v) is 8.77. The summed E-state index contributed by atoms with van der Waals surface area (Å²) in [6.07, 6.45) is 2.53. The van der Waals surface area contributed by atoms with Crippen molar-refractivity contribution in [3.05, 3.63) is 21.6 Å². The van der Waals surface area contributed by atoms with Gasteiger partial charge < -0.3 is 4.13 Å². The highest BCUT2D eigenvalue weighted by atomic mass is 32.3. The van der Waals surface area contributed by atoms with Crippen LogP contribution in [0.15, 0.2) is 6.07 Å². The summed E-state index contributed by atoms with van der Waals surface area (Å²) in [4.78, 5) is 0. The van der Waals surface area contributed by atoms with E-state index in [1.165, 1.54) is 24.2 Å². The maximum Gasteiger partial charge on any atom is 0.480 e. The summed E-state index contributed by atoms with van der Waals surface area (Å²) in [7, 11) is -11.3. The Morgan fingerprint density at radius 3 is 1.67 bits per heavy atom. The molecule has 0 bridgehead atoms. The monoisotopic (exact) mass is 447 g/mol. The molecule has 0 atom stereocenters. The van der Waals surface area contributed by atoms with Crippen LogP contribution >= 0.6 is 0 Å². The third kappa shape index (κ3) is 6.95. The van der Waals surface area contributed by atoms with Crippen molar-refractivity contribution in [2.24, 2.45) is 7.05 Å². The number of aryl methyl sites for hydroxylation is 2. The number of aromatic nitrogens is 2. The number of hydrogen-bond acceptors (Lipinski definition) is 4. The van der Waals surface area contributed by atoms with Crippen molar-refractivity contribution in [2.45, 2.75) is 51.2 Å². The second kappa shape index (κ2) is 8.77. The van der Waals surface area contributed by atoms with Gasteiger partial charge in [0.2, 0.25) is 5.69 Å². The molecule has 0 saturated carbocycles. The molecule has 0 aliphatic carbocycles. The number of rotatable bonds is 5. The minimum Gasteiger partial charge on any atom is -0.421 e. The van der Waals surface area contributed by atoms with Crippen molar-refractivity contribution in [1.29, 1.82) is 0 Å². The van der Waals surface area contributed by atoms with E-state index < -0.39 is 31.1 Å². The summed E-state index contributed by atoms with van der Waals surface area (Å²) >= 11 is 0. The maximum absolute atomic E-state index is 11.4. The van der Waals surface area contributed by atoms with Crippen molar-refractivity contribution in [3.8, 4) is 0 Å². The minimum atomic E-state index is -6.72. The molecule has 1 heterocycles. The van der Waals surface area contributed by atoms with Gasteiger partial charge in [0.15, 0.2) is 27.1 Å². The van der Waals surface area contributed by atoms with Gasteiger partial charge in [-0.15, -0.1) is 4.68 Å². The average Bonchev–Trinajstić information content (AvgIpc) is 2.67. The van der Waals surface area contributed by atoms with Gasteiger partial charge in [-0.3, -0.25) is 0 Å². The molecular formula is C12H19F6N3O4S2. The van der Waals surface area contributed by atoms with E-state index in [0.717, 1.165) is 10.7 Å². The summed E-state index contributed by atoms with van der Waals surface area (Å²) < 4.78 is 114.